The van der Waals surface area contributed by atoms with E-state index in [1.807, 2.05) is 53.4 Å². The van der Waals surface area contributed by atoms with Crippen LogP contribution >= 0.6 is 0 Å². The maximum absolute atomic E-state index is 13.4. The molecule has 200 valence electrons. The minimum Gasteiger partial charge on any atom is -0.486 e. The number of benzene rings is 3. The van der Waals surface area contributed by atoms with E-state index >= 15 is 0 Å². The summed E-state index contributed by atoms with van der Waals surface area (Å²) in [6.07, 6.45) is 2.20. The number of hydrogen-bond donors (Lipinski definition) is 1. The van der Waals surface area contributed by atoms with Crippen LogP contribution in [0.3, 0.4) is 0 Å². The van der Waals surface area contributed by atoms with Crippen molar-refractivity contribution in [3.05, 3.63) is 143 Å². The van der Waals surface area contributed by atoms with Gasteiger partial charge < -0.3 is 23.8 Å². The highest BCUT2D eigenvalue weighted by molar-refractivity contribution is 6.02. The maximum atomic E-state index is 13.4. The molecule has 0 saturated carbocycles. The molecule has 2 amide bonds. The molecule has 3 aromatic carbocycles. The number of ether oxygens (including phenoxy) is 1. The summed E-state index contributed by atoms with van der Waals surface area (Å²) in [4.78, 5) is 27.7. The lowest BCUT2D eigenvalue weighted by atomic mass is 9.87. The molecule has 40 heavy (non-hydrogen) atoms. The van der Waals surface area contributed by atoms with Crippen LogP contribution < -0.4 is 10.1 Å². The predicted octanol–water partition coefficient (Wildman–Crippen LogP) is 6.63. The van der Waals surface area contributed by atoms with Crippen molar-refractivity contribution in [3.63, 3.8) is 0 Å². The molecular formula is C32H25FN2O5. The van der Waals surface area contributed by atoms with Crippen molar-refractivity contribution in [2.45, 2.75) is 19.1 Å². The molecule has 1 unspecified atom stereocenters. The average molecular weight is 537 g/mol. The second kappa shape index (κ2) is 10.9. The second-order valence-corrected chi connectivity index (χ2v) is 9.42. The first kappa shape index (κ1) is 25.2. The molecule has 0 saturated heterocycles. The van der Waals surface area contributed by atoms with Gasteiger partial charge in [-0.25, -0.2) is 4.39 Å². The molecule has 5 aromatic rings. The molecule has 0 radical (unpaired) electrons. The molecule has 7 nitrogen and oxygen atoms in total. The van der Waals surface area contributed by atoms with Crippen LogP contribution in [0.2, 0.25) is 0 Å². The molecule has 1 aliphatic rings. The molecule has 8 heteroatoms. The topological polar surface area (TPSA) is 84.9 Å². The maximum Gasteiger partial charge on any atom is 0.291 e. The molecular weight excluding hydrogens is 511 g/mol. The van der Waals surface area contributed by atoms with Crippen molar-refractivity contribution in [2.24, 2.45) is 0 Å². The fraction of sp³-hybridized carbons (Fsp3) is 0.125. The van der Waals surface area contributed by atoms with E-state index in [0.717, 1.165) is 16.7 Å². The first-order valence-corrected chi connectivity index (χ1v) is 12.9. The molecule has 1 N–H and O–H groups in total. The van der Waals surface area contributed by atoms with Gasteiger partial charge in [0.2, 0.25) is 0 Å². The Bertz CT molecular complexity index is 1650. The smallest absolute Gasteiger partial charge is 0.291 e. The highest BCUT2D eigenvalue weighted by Crippen LogP contribution is 2.38. The molecule has 1 aliphatic heterocycles. The number of carbonyl (C=O) groups excluding carboxylic acids is 2. The number of nitrogens with one attached hydrogen (secondary N) is 1. The highest BCUT2D eigenvalue weighted by Gasteiger charge is 2.34. The predicted molar refractivity (Wildman–Crippen MR) is 146 cm³/mol. The third kappa shape index (κ3) is 5.24. The second-order valence-electron chi connectivity index (χ2n) is 9.42. The van der Waals surface area contributed by atoms with Crippen molar-refractivity contribution in [2.75, 3.05) is 11.9 Å². The third-order valence-corrected chi connectivity index (χ3v) is 6.80. The first-order chi connectivity index (χ1) is 19.5. The normalized spacial score (nSPS) is 14.4. The van der Waals surface area contributed by atoms with Crippen molar-refractivity contribution < 1.29 is 27.6 Å². The molecule has 6 rings (SSSR count). The summed E-state index contributed by atoms with van der Waals surface area (Å²) in [5.74, 6) is 0.342. The molecule has 2 aromatic heterocycles. The lowest BCUT2D eigenvalue weighted by Crippen LogP contribution is -2.40. The van der Waals surface area contributed by atoms with Gasteiger partial charge in [-0.2, -0.15) is 0 Å². The van der Waals surface area contributed by atoms with Crippen LogP contribution in [-0.2, 0) is 13.0 Å². The Balaban J connectivity index is 1.20. The van der Waals surface area contributed by atoms with E-state index in [2.05, 4.69) is 5.32 Å². The van der Waals surface area contributed by atoms with Crippen molar-refractivity contribution in [1.29, 1.82) is 0 Å². The van der Waals surface area contributed by atoms with Crippen LogP contribution in [0.5, 0.6) is 5.75 Å². The zero-order chi connectivity index (χ0) is 27.5. The van der Waals surface area contributed by atoms with Crippen molar-refractivity contribution in [3.8, 4) is 5.75 Å². The fourth-order valence-electron chi connectivity index (χ4n) is 4.93. The minimum atomic E-state index is -0.488. The van der Waals surface area contributed by atoms with E-state index in [1.165, 1.54) is 24.5 Å². The van der Waals surface area contributed by atoms with E-state index in [-0.39, 0.29) is 24.3 Å². The summed E-state index contributed by atoms with van der Waals surface area (Å²) in [6, 6.07) is 27.7. The van der Waals surface area contributed by atoms with Crippen molar-refractivity contribution >= 4 is 17.5 Å². The molecule has 1 atom stereocenters. The van der Waals surface area contributed by atoms with Gasteiger partial charge in [0.1, 0.15) is 23.9 Å². The van der Waals surface area contributed by atoms with E-state index in [9.17, 15) is 14.0 Å². The van der Waals surface area contributed by atoms with E-state index < -0.39 is 11.7 Å². The van der Waals surface area contributed by atoms with Crippen LogP contribution in [-0.4, -0.2) is 23.3 Å². The van der Waals surface area contributed by atoms with Gasteiger partial charge >= 0.3 is 0 Å². The zero-order valence-corrected chi connectivity index (χ0v) is 21.4. The van der Waals surface area contributed by atoms with Gasteiger partial charge in [-0.15, -0.1) is 0 Å². The Hall–Kier alpha value is -5.11. The summed E-state index contributed by atoms with van der Waals surface area (Å²) >= 11 is 0. The number of furan rings is 2. The standard InChI is InChI=1S/C32H25FN2O5/c33-23-8-4-9-24(18-23)34-31(36)28-14-13-26(40-28)20-39-25-12-11-21-15-16-35(32(37)29-10-5-17-38-29)30(27(21)19-25)22-6-2-1-3-7-22/h1-14,17-19,30H,15-16,20H2,(H,34,36). The fourth-order valence-corrected chi connectivity index (χ4v) is 4.93. The van der Waals surface area contributed by atoms with Crippen LogP contribution in [0.4, 0.5) is 10.1 Å². The minimum absolute atomic E-state index is 0.0875. The first-order valence-electron chi connectivity index (χ1n) is 12.9. The SMILES string of the molecule is O=C(Nc1cccc(F)c1)c1ccc(COc2ccc3c(c2)C(c2ccccc2)N(C(=O)c2ccco2)CC3)o1. The summed E-state index contributed by atoms with van der Waals surface area (Å²) in [5.41, 5.74) is 3.43. The van der Waals surface area contributed by atoms with Crippen LogP contribution in [0.1, 0.15) is 49.6 Å². The largest absolute Gasteiger partial charge is 0.486 e. The summed E-state index contributed by atoms with van der Waals surface area (Å²) < 4.78 is 30.5. The Morgan fingerprint density at radius 3 is 2.60 bits per heavy atom. The molecule has 0 aliphatic carbocycles. The van der Waals surface area contributed by atoms with E-state index in [1.54, 1.807) is 30.3 Å². The van der Waals surface area contributed by atoms with Gasteiger partial charge in [0.05, 0.1) is 12.3 Å². The van der Waals surface area contributed by atoms with Crippen molar-refractivity contribution in [1.82, 2.24) is 4.90 Å². The number of anilines is 1. The number of amides is 2. The summed E-state index contributed by atoms with van der Waals surface area (Å²) in [7, 11) is 0. The van der Waals surface area contributed by atoms with E-state index in [0.29, 0.717) is 35.9 Å². The number of carbonyl (C=O) groups is 2. The zero-order valence-electron chi connectivity index (χ0n) is 21.4. The lowest BCUT2D eigenvalue weighted by Gasteiger charge is -2.37. The molecule has 0 spiro atoms. The van der Waals surface area contributed by atoms with Gasteiger partial charge in [0.25, 0.3) is 11.8 Å². The Kier molecular flexibility index (Phi) is 6.89. The highest BCUT2D eigenvalue weighted by atomic mass is 19.1. The average Bonchev–Trinajstić information content (AvgIpc) is 3.69. The monoisotopic (exact) mass is 536 g/mol. The van der Waals surface area contributed by atoms with Crippen LogP contribution in [0, 0.1) is 5.82 Å². The van der Waals surface area contributed by atoms with Gasteiger partial charge in [-0.05, 0) is 77.7 Å². The number of hydrogen-bond acceptors (Lipinski definition) is 5. The lowest BCUT2D eigenvalue weighted by molar-refractivity contribution is 0.0661. The number of halogens is 1. The molecule has 0 fully saturated rings. The molecule has 3 heterocycles. The van der Waals surface area contributed by atoms with Crippen LogP contribution in [0.15, 0.2) is 112 Å². The van der Waals surface area contributed by atoms with Gasteiger partial charge in [-0.3, -0.25) is 9.59 Å². The Morgan fingerprint density at radius 1 is 0.925 bits per heavy atom. The third-order valence-electron chi connectivity index (χ3n) is 6.80. The van der Waals surface area contributed by atoms with Gasteiger partial charge in [-0.1, -0.05) is 42.5 Å². The summed E-state index contributed by atoms with van der Waals surface area (Å²) in [5, 5.41) is 2.61. The number of nitrogens with zero attached hydrogens (tertiary/aromatic N) is 1. The van der Waals surface area contributed by atoms with Gasteiger partial charge in [0.15, 0.2) is 11.5 Å². The molecule has 0 bridgehead atoms. The Labute approximate surface area is 229 Å². The Morgan fingerprint density at radius 2 is 1.80 bits per heavy atom. The number of rotatable bonds is 7. The van der Waals surface area contributed by atoms with Crippen LogP contribution in [0.25, 0.3) is 0 Å². The van der Waals surface area contributed by atoms with Gasteiger partial charge in [0, 0.05) is 12.2 Å². The van der Waals surface area contributed by atoms with E-state index in [4.69, 9.17) is 13.6 Å². The quantitative estimate of drug-likeness (QED) is 0.252. The summed E-state index contributed by atoms with van der Waals surface area (Å²) in [6.45, 7) is 0.649. The number of fused-ring (bicyclic) bond motifs is 1.